The Labute approximate surface area is 115 Å². The first-order valence-electron chi connectivity index (χ1n) is 6.57. The summed E-state index contributed by atoms with van der Waals surface area (Å²) in [6.45, 7) is 8.67. The van der Waals surface area contributed by atoms with Gasteiger partial charge in [-0.2, -0.15) is 0 Å². The molecule has 0 radical (unpaired) electrons. The minimum atomic E-state index is 0.152. The normalized spacial score (nSPS) is 13.0. The summed E-state index contributed by atoms with van der Waals surface area (Å²) >= 11 is 0. The molecule has 1 aromatic rings. The van der Waals surface area contributed by atoms with Crippen LogP contribution < -0.4 is 5.73 Å². The number of rotatable bonds is 5. The van der Waals surface area contributed by atoms with Gasteiger partial charge in [0.2, 0.25) is 0 Å². The molecule has 0 unspecified atom stereocenters. The molecule has 0 aromatic heterocycles. The zero-order chi connectivity index (χ0) is 14.5. The summed E-state index contributed by atoms with van der Waals surface area (Å²) in [4.78, 5) is 2.29. The van der Waals surface area contributed by atoms with Gasteiger partial charge in [-0.25, -0.2) is 0 Å². The average molecular weight is 263 g/mol. The Morgan fingerprint density at radius 3 is 2.63 bits per heavy atom. The third-order valence-electron chi connectivity index (χ3n) is 3.03. The molecular formula is C15H25N3O. The Bertz CT molecular complexity index is 435. The van der Waals surface area contributed by atoms with Gasteiger partial charge in [0.1, 0.15) is 0 Å². The quantitative estimate of drug-likeness (QED) is 0.371. The average Bonchev–Trinajstić information content (AvgIpc) is 2.35. The molecule has 4 heteroatoms. The number of oxime groups is 1. The maximum atomic E-state index is 8.69. The van der Waals surface area contributed by atoms with Crippen LogP contribution in [0, 0.1) is 5.41 Å². The van der Waals surface area contributed by atoms with Crippen LogP contribution in [0.2, 0.25) is 0 Å². The van der Waals surface area contributed by atoms with E-state index >= 15 is 0 Å². The number of hydrogen-bond donors (Lipinski definition) is 2. The highest BCUT2D eigenvalue weighted by Gasteiger charge is 2.11. The van der Waals surface area contributed by atoms with Gasteiger partial charge in [0.05, 0.1) is 0 Å². The Balaban J connectivity index is 2.62. The van der Waals surface area contributed by atoms with E-state index in [-0.39, 0.29) is 5.84 Å². The molecule has 0 fully saturated rings. The summed E-state index contributed by atoms with van der Waals surface area (Å²) in [6, 6.07) is 7.79. The molecule has 0 atom stereocenters. The van der Waals surface area contributed by atoms with Crippen molar-refractivity contribution >= 4 is 5.84 Å². The summed E-state index contributed by atoms with van der Waals surface area (Å²) in [7, 11) is 2.11. The van der Waals surface area contributed by atoms with Crippen LogP contribution in [-0.4, -0.2) is 29.5 Å². The van der Waals surface area contributed by atoms with E-state index in [0.29, 0.717) is 5.41 Å². The number of nitrogens with zero attached hydrogens (tertiary/aromatic N) is 2. The third kappa shape index (κ3) is 5.75. The second-order valence-corrected chi connectivity index (χ2v) is 6.23. The van der Waals surface area contributed by atoms with E-state index in [9.17, 15) is 0 Å². The fourth-order valence-electron chi connectivity index (χ4n) is 1.80. The first kappa shape index (κ1) is 15.5. The highest BCUT2D eigenvalue weighted by molar-refractivity contribution is 5.97. The van der Waals surface area contributed by atoms with Gasteiger partial charge in [0.25, 0.3) is 0 Å². The van der Waals surface area contributed by atoms with Crippen molar-refractivity contribution in [3.63, 3.8) is 0 Å². The van der Waals surface area contributed by atoms with Crippen LogP contribution in [0.5, 0.6) is 0 Å². The Kier molecular flexibility index (Phi) is 5.36. The maximum absolute atomic E-state index is 8.69. The van der Waals surface area contributed by atoms with Gasteiger partial charge in [0, 0.05) is 12.1 Å². The molecule has 3 N–H and O–H groups in total. The zero-order valence-corrected chi connectivity index (χ0v) is 12.3. The molecule has 0 saturated heterocycles. The molecule has 19 heavy (non-hydrogen) atoms. The topological polar surface area (TPSA) is 61.8 Å². The lowest BCUT2D eigenvalue weighted by Gasteiger charge is -2.23. The van der Waals surface area contributed by atoms with Crippen LogP contribution in [0.4, 0.5) is 0 Å². The number of amidine groups is 1. The molecule has 0 heterocycles. The Morgan fingerprint density at radius 1 is 1.37 bits per heavy atom. The fraction of sp³-hybridized carbons (Fsp3) is 0.533. The van der Waals surface area contributed by atoms with Crippen molar-refractivity contribution in [3.05, 3.63) is 35.4 Å². The smallest absolute Gasteiger partial charge is 0.170 e. The van der Waals surface area contributed by atoms with Crippen molar-refractivity contribution in [2.45, 2.75) is 33.7 Å². The molecular weight excluding hydrogens is 238 g/mol. The van der Waals surface area contributed by atoms with E-state index < -0.39 is 0 Å². The van der Waals surface area contributed by atoms with E-state index in [0.717, 1.165) is 25.1 Å². The van der Waals surface area contributed by atoms with Crippen molar-refractivity contribution < 1.29 is 5.21 Å². The zero-order valence-electron chi connectivity index (χ0n) is 12.3. The van der Waals surface area contributed by atoms with Crippen LogP contribution in [0.25, 0.3) is 0 Å². The van der Waals surface area contributed by atoms with Crippen LogP contribution >= 0.6 is 0 Å². The van der Waals surface area contributed by atoms with Gasteiger partial charge in [-0.3, -0.25) is 0 Å². The fourth-order valence-corrected chi connectivity index (χ4v) is 1.80. The summed E-state index contributed by atoms with van der Waals surface area (Å²) in [6.07, 6.45) is 1.16. The van der Waals surface area contributed by atoms with Gasteiger partial charge in [-0.05, 0) is 37.1 Å². The molecule has 0 amide bonds. The lowest BCUT2D eigenvalue weighted by molar-refractivity contribution is 0.259. The molecule has 0 aliphatic heterocycles. The summed E-state index contributed by atoms with van der Waals surface area (Å²) < 4.78 is 0. The van der Waals surface area contributed by atoms with E-state index in [4.69, 9.17) is 10.9 Å². The second kappa shape index (κ2) is 6.57. The van der Waals surface area contributed by atoms with Crippen LogP contribution in [-0.2, 0) is 6.54 Å². The molecule has 0 aliphatic carbocycles. The van der Waals surface area contributed by atoms with Crippen LogP contribution in [0.3, 0.4) is 0 Å². The molecule has 1 aromatic carbocycles. The van der Waals surface area contributed by atoms with E-state index in [1.807, 2.05) is 18.2 Å². The van der Waals surface area contributed by atoms with Crippen molar-refractivity contribution in [2.24, 2.45) is 16.3 Å². The molecule has 106 valence electrons. The SMILES string of the molecule is CN(CCC(C)(C)C)Cc1cccc(C(N)=NO)c1. The predicted molar refractivity (Wildman–Crippen MR) is 79.4 cm³/mol. The minimum absolute atomic E-state index is 0.152. The van der Waals surface area contributed by atoms with Gasteiger partial charge in [0.15, 0.2) is 5.84 Å². The monoisotopic (exact) mass is 263 g/mol. The number of hydrogen-bond acceptors (Lipinski definition) is 3. The first-order valence-corrected chi connectivity index (χ1v) is 6.57. The van der Waals surface area contributed by atoms with Crippen molar-refractivity contribution in [2.75, 3.05) is 13.6 Å². The molecule has 0 bridgehead atoms. The minimum Gasteiger partial charge on any atom is -0.409 e. The third-order valence-corrected chi connectivity index (χ3v) is 3.03. The summed E-state index contributed by atoms with van der Waals surface area (Å²) in [5.41, 5.74) is 7.87. The molecule has 4 nitrogen and oxygen atoms in total. The number of nitrogens with two attached hydrogens (primary N) is 1. The van der Waals surface area contributed by atoms with E-state index in [2.05, 4.69) is 43.9 Å². The standard InChI is InChI=1S/C15H25N3O/c1-15(2,3)8-9-18(4)11-12-6-5-7-13(10-12)14(16)17-19/h5-7,10,19H,8-9,11H2,1-4H3,(H2,16,17). The van der Waals surface area contributed by atoms with Crippen LogP contribution in [0.15, 0.2) is 29.4 Å². The largest absolute Gasteiger partial charge is 0.409 e. The van der Waals surface area contributed by atoms with Crippen molar-refractivity contribution in [1.29, 1.82) is 0 Å². The second-order valence-electron chi connectivity index (χ2n) is 6.23. The lowest BCUT2D eigenvalue weighted by Crippen LogP contribution is -2.23. The lowest BCUT2D eigenvalue weighted by atomic mass is 9.92. The molecule has 1 rings (SSSR count). The molecule has 0 spiro atoms. The predicted octanol–water partition coefficient (Wildman–Crippen LogP) is 2.65. The van der Waals surface area contributed by atoms with E-state index in [1.54, 1.807) is 0 Å². The Hall–Kier alpha value is -1.55. The molecule has 0 saturated carbocycles. The first-order chi connectivity index (χ1) is 8.81. The van der Waals surface area contributed by atoms with Crippen molar-refractivity contribution in [1.82, 2.24) is 4.90 Å². The molecule has 0 aliphatic rings. The van der Waals surface area contributed by atoms with Crippen molar-refractivity contribution in [3.8, 4) is 0 Å². The number of benzene rings is 1. The maximum Gasteiger partial charge on any atom is 0.170 e. The van der Waals surface area contributed by atoms with Gasteiger partial charge in [-0.1, -0.05) is 44.1 Å². The highest BCUT2D eigenvalue weighted by atomic mass is 16.4. The van der Waals surface area contributed by atoms with Gasteiger partial charge in [-0.15, -0.1) is 0 Å². The van der Waals surface area contributed by atoms with E-state index in [1.165, 1.54) is 5.56 Å². The Morgan fingerprint density at radius 2 is 2.05 bits per heavy atom. The summed E-state index contributed by atoms with van der Waals surface area (Å²) in [5.74, 6) is 0.152. The van der Waals surface area contributed by atoms with Gasteiger partial charge >= 0.3 is 0 Å². The summed E-state index contributed by atoms with van der Waals surface area (Å²) in [5, 5.41) is 11.7. The van der Waals surface area contributed by atoms with Gasteiger partial charge < -0.3 is 15.8 Å². The van der Waals surface area contributed by atoms with Crippen LogP contribution in [0.1, 0.15) is 38.3 Å². The highest BCUT2D eigenvalue weighted by Crippen LogP contribution is 2.19.